The molecule has 1 saturated heterocycles. The van der Waals surface area contributed by atoms with Crippen LogP contribution in [0, 0.1) is 6.92 Å². The SMILES string of the molecule is Cc1ccc(S(=O)(=O)N(C(=O)c2c3ccccc3nc3ccccc23)c2ccc(CC(=O)ON3C(=O)CCC3=O)cc2)cc1. The minimum atomic E-state index is -4.43. The van der Waals surface area contributed by atoms with E-state index in [-0.39, 0.29) is 35.4 Å². The van der Waals surface area contributed by atoms with Crippen molar-refractivity contribution in [3.8, 4) is 0 Å². The summed E-state index contributed by atoms with van der Waals surface area (Å²) in [6, 6.07) is 26.1. The zero-order valence-electron chi connectivity index (χ0n) is 23.5. The van der Waals surface area contributed by atoms with E-state index in [9.17, 15) is 27.6 Å². The van der Waals surface area contributed by atoms with Gasteiger partial charge >= 0.3 is 5.97 Å². The smallest absolute Gasteiger partial charge is 0.330 e. The normalized spacial score (nSPS) is 13.4. The van der Waals surface area contributed by atoms with Crippen LogP contribution >= 0.6 is 0 Å². The molecule has 2 heterocycles. The second kappa shape index (κ2) is 11.3. The number of rotatable bonds is 7. The molecule has 3 amide bonds. The lowest BCUT2D eigenvalue weighted by Gasteiger charge is -2.24. The van der Waals surface area contributed by atoms with Gasteiger partial charge in [-0.15, -0.1) is 5.06 Å². The Kier molecular flexibility index (Phi) is 7.40. The van der Waals surface area contributed by atoms with Crippen LogP contribution in [0.15, 0.2) is 102 Å². The molecule has 6 rings (SSSR count). The molecule has 1 aliphatic rings. The Balaban J connectivity index is 1.42. The van der Waals surface area contributed by atoms with E-state index in [0.717, 1.165) is 9.87 Å². The molecule has 11 heteroatoms. The number of pyridine rings is 1. The van der Waals surface area contributed by atoms with Gasteiger partial charge in [0.2, 0.25) is 0 Å². The van der Waals surface area contributed by atoms with Crippen LogP contribution in [0.3, 0.4) is 0 Å². The summed E-state index contributed by atoms with van der Waals surface area (Å²) in [6.45, 7) is 1.83. The zero-order chi connectivity index (χ0) is 31.0. The van der Waals surface area contributed by atoms with Gasteiger partial charge in [-0.3, -0.25) is 14.4 Å². The molecule has 0 aliphatic carbocycles. The van der Waals surface area contributed by atoms with Crippen molar-refractivity contribution in [1.29, 1.82) is 0 Å². The van der Waals surface area contributed by atoms with Gasteiger partial charge in [-0.1, -0.05) is 66.2 Å². The molecule has 0 atom stereocenters. The summed E-state index contributed by atoms with van der Waals surface area (Å²) in [5, 5.41) is 1.45. The van der Waals surface area contributed by atoms with E-state index < -0.39 is 33.7 Å². The van der Waals surface area contributed by atoms with Crippen LogP contribution in [0.1, 0.15) is 34.3 Å². The molecule has 0 spiro atoms. The van der Waals surface area contributed by atoms with Crippen molar-refractivity contribution in [3.05, 3.63) is 114 Å². The van der Waals surface area contributed by atoms with E-state index in [2.05, 4.69) is 4.98 Å². The van der Waals surface area contributed by atoms with E-state index >= 15 is 0 Å². The van der Waals surface area contributed by atoms with Crippen LogP contribution in [0.5, 0.6) is 0 Å². The second-order valence-corrected chi connectivity index (χ2v) is 12.1. The van der Waals surface area contributed by atoms with Gasteiger partial charge in [0.25, 0.3) is 27.7 Å². The molecule has 1 fully saturated rings. The zero-order valence-corrected chi connectivity index (χ0v) is 24.3. The Hall–Kier alpha value is -5.42. The molecule has 0 radical (unpaired) electrons. The van der Waals surface area contributed by atoms with Crippen molar-refractivity contribution in [1.82, 2.24) is 10.0 Å². The number of aryl methyl sites for hydroxylation is 1. The molecular weight excluding hydrogens is 582 g/mol. The molecule has 0 saturated carbocycles. The summed E-state index contributed by atoms with van der Waals surface area (Å²) >= 11 is 0. The number of nitrogens with zero attached hydrogens (tertiary/aromatic N) is 3. The third-order valence-corrected chi connectivity index (χ3v) is 8.99. The number of amides is 3. The Morgan fingerprint density at radius 1 is 0.795 bits per heavy atom. The number of benzene rings is 4. The largest absolute Gasteiger partial charge is 0.337 e. The van der Waals surface area contributed by atoms with Crippen molar-refractivity contribution in [3.63, 3.8) is 0 Å². The van der Waals surface area contributed by atoms with Crippen LogP contribution in [0.25, 0.3) is 21.8 Å². The van der Waals surface area contributed by atoms with Crippen molar-refractivity contribution in [2.45, 2.75) is 31.1 Å². The van der Waals surface area contributed by atoms with Crippen molar-refractivity contribution in [2.24, 2.45) is 0 Å². The molecule has 1 aromatic heterocycles. The van der Waals surface area contributed by atoms with Gasteiger partial charge in [-0.25, -0.2) is 18.2 Å². The molecule has 1 aliphatic heterocycles. The maximum absolute atomic E-state index is 14.6. The van der Waals surface area contributed by atoms with Crippen LogP contribution < -0.4 is 4.31 Å². The Morgan fingerprint density at radius 2 is 1.34 bits per heavy atom. The molecule has 0 N–H and O–H groups in total. The van der Waals surface area contributed by atoms with E-state index in [4.69, 9.17) is 4.84 Å². The summed E-state index contributed by atoms with van der Waals surface area (Å²) < 4.78 is 29.1. The van der Waals surface area contributed by atoms with E-state index in [1.54, 1.807) is 60.7 Å². The van der Waals surface area contributed by atoms with E-state index in [1.807, 2.05) is 6.92 Å². The number of para-hydroxylation sites is 2. The minimum Gasteiger partial charge on any atom is -0.330 e. The third kappa shape index (κ3) is 5.29. The topological polar surface area (TPSA) is 131 Å². The first kappa shape index (κ1) is 28.7. The predicted octanol–water partition coefficient (Wildman–Crippen LogP) is 4.88. The number of hydroxylamine groups is 2. The highest BCUT2D eigenvalue weighted by Crippen LogP contribution is 2.32. The van der Waals surface area contributed by atoms with Crippen molar-refractivity contribution < 1.29 is 32.4 Å². The van der Waals surface area contributed by atoms with Gasteiger partial charge in [0.05, 0.1) is 33.6 Å². The van der Waals surface area contributed by atoms with Gasteiger partial charge in [0.15, 0.2) is 0 Å². The fourth-order valence-electron chi connectivity index (χ4n) is 5.06. The van der Waals surface area contributed by atoms with Gasteiger partial charge in [-0.2, -0.15) is 4.31 Å². The minimum absolute atomic E-state index is 0.0256. The van der Waals surface area contributed by atoms with E-state index in [1.165, 1.54) is 36.4 Å². The highest BCUT2D eigenvalue weighted by molar-refractivity contribution is 7.93. The number of hydrogen-bond donors (Lipinski definition) is 0. The van der Waals surface area contributed by atoms with Crippen LogP contribution in [-0.2, 0) is 35.7 Å². The van der Waals surface area contributed by atoms with Gasteiger partial charge < -0.3 is 4.84 Å². The highest BCUT2D eigenvalue weighted by Gasteiger charge is 2.35. The second-order valence-electron chi connectivity index (χ2n) is 10.3. The fourth-order valence-corrected chi connectivity index (χ4v) is 6.46. The molecule has 0 bridgehead atoms. The Labute approximate surface area is 252 Å². The molecular formula is C33H25N3O7S. The lowest BCUT2D eigenvalue weighted by Crippen LogP contribution is -2.37. The molecule has 220 valence electrons. The van der Waals surface area contributed by atoms with Crippen LogP contribution in [0.4, 0.5) is 5.69 Å². The molecule has 44 heavy (non-hydrogen) atoms. The Morgan fingerprint density at radius 3 is 1.91 bits per heavy atom. The quantitative estimate of drug-likeness (QED) is 0.189. The predicted molar refractivity (Wildman–Crippen MR) is 162 cm³/mol. The van der Waals surface area contributed by atoms with Crippen molar-refractivity contribution >= 4 is 61.2 Å². The summed E-state index contributed by atoms with van der Waals surface area (Å²) in [5.74, 6) is -2.80. The molecule has 4 aromatic carbocycles. The first-order chi connectivity index (χ1) is 21.1. The fraction of sp³-hybridized carbons (Fsp3) is 0.121. The van der Waals surface area contributed by atoms with Gasteiger partial charge in [0, 0.05) is 23.6 Å². The highest BCUT2D eigenvalue weighted by atomic mass is 32.2. The number of carbonyl (C=O) groups is 4. The summed E-state index contributed by atoms with van der Waals surface area (Å²) in [6.07, 6.45) is -0.347. The van der Waals surface area contributed by atoms with Gasteiger partial charge in [-0.05, 0) is 48.9 Å². The number of carbonyl (C=O) groups excluding carboxylic acids is 4. The summed E-state index contributed by atoms with van der Waals surface area (Å²) in [4.78, 5) is 60.1. The molecule has 5 aromatic rings. The van der Waals surface area contributed by atoms with Gasteiger partial charge in [0.1, 0.15) is 0 Å². The number of aromatic nitrogens is 1. The Bertz CT molecular complexity index is 2010. The number of hydrogen-bond acceptors (Lipinski definition) is 8. The monoisotopic (exact) mass is 607 g/mol. The average molecular weight is 608 g/mol. The van der Waals surface area contributed by atoms with E-state index in [0.29, 0.717) is 32.4 Å². The maximum atomic E-state index is 14.6. The number of anilines is 1. The first-order valence-corrected chi connectivity index (χ1v) is 15.2. The number of sulfonamides is 1. The van der Waals surface area contributed by atoms with Crippen molar-refractivity contribution in [2.75, 3.05) is 4.31 Å². The third-order valence-electron chi connectivity index (χ3n) is 7.26. The summed E-state index contributed by atoms with van der Waals surface area (Å²) in [5.41, 5.74) is 2.55. The first-order valence-electron chi connectivity index (χ1n) is 13.7. The molecule has 0 unspecified atom stereocenters. The van der Waals surface area contributed by atoms with Crippen LogP contribution in [-0.4, -0.2) is 42.2 Å². The number of imide groups is 1. The average Bonchev–Trinajstić information content (AvgIpc) is 3.32. The lowest BCUT2D eigenvalue weighted by molar-refractivity contribution is -0.197. The summed E-state index contributed by atoms with van der Waals surface area (Å²) in [7, 11) is -4.43. The molecule has 10 nitrogen and oxygen atoms in total. The standard InChI is InChI=1S/C33H25N3O7S/c1-21-10-16-24(17-11-21)44(41,42)36(23-14-12-22(13-15-23)20-31(39)43-35-29(37)18-19-30(35)38)33(40)32-25-6-2-4-8-27(25)34-28-9-5-3-7-26(28)32/h2-17H,18-20H2,1H3. The number of fused-ring (bicyclic) bond motifs is 2. The maximum Gasteiger partial charge on any atom is 0.337 e. The lowest BCUT2D eigenvalue weighted by atomic mass is 10.0. The van der Waals surface area contributed by atoms with Crippen LogP contribution in [0.2, 0.25) is 0 Å².